The largest absolute Gasteiger partial charge is 0.340 e. The average Bonchev–Trinajstić information content (AvgIpc) is 2.47. The van der Waals surface area contributed by atoms with E-state index in [1.165, 1.54) is 12.8 Å². The Hall–Kier alpha value is -0.610. The highest BCUT2D eigenvalue weighted by Crippen LogP contribution is 2.30. The SMILES string of the molecule is CC1CCC(C(=O)N2CCN(C(C)(C)CN)CC2)CC1. The van der Waals surface area contributed by atoms with Gasteiger partial charge in [0.25, 0.3) is 0 Å². The van der Waals surface area contributed by atoms with Crippen molar-refractivity contribution in [3.05, 3.63) is 0 Å². The standard InChI is InChI=1S/C16H31N3O/c1-13-4-6-14(7-5-13)15(20)18-8-10-19(11-9-18)16(2,3)12-17/h13-14H,4-12,17H2,1-3H3. The Morgan fingerprint density at radius 1 is 1.10 bits per heavy atom. The zero-order valence-electron chi connectivity index (χ0n) is 13.4. The van der Waals surface area contributed by atoms with E-state index in [0.717, 1.165) is 44.9 Å². The first-order valence-corrected chi connectivity index (χ1v) is 8.18. The topological polar surface area (TPSA) is 49.6 Å². The molecule has 1 heterocycles. The number of nitrogens with two attached hydrogens (primary N) is 1. The molecule has 0 atom stereocenters. The van der Waals surface area contributed by atoms with Crippen molar-refractivity contribution in [1.29, 1.82) is 0 Å². The predicted molar refractivity (Wildman–Crippen MR) is 82.4 cm³/mol. The Kier molecular flexibility index (Phi) is 5.08. The summed E-state index contributed by atoms with van der Waals surface area (Å²) in [6.45, 7) is 11.0. The lowest BCUT2D eigenvalue weighted by Crippen LogP contribution is -2.58. The molecule has 0 bridgehead atoms. The van der Waals surface area contributed by atoms with Crippen molar-refractivity contribution in [3.8, 4) is 0 Å². The third kappa shape index (κ3) is 3.53. The fraction of sp³-hybridized carbons (Fsp3) is 0.938. The second-order valence-corrected chi connectivity index (χ2v) is 7.29. The maximum atomic E-state index is 12.6. The first-order valence-electron chi connectivity index (χ1n) is 8.18. The Morgan fingerprint density at radius 2 is 1.65 bits per heavy atom. The van der Waals surface area contributed by atoms with Crippen LogP contribution in [0.5, 0.6) is 0 Å². The zero-order valence-corrected chi connectivity index (χ0v) is 13.4. The molecule has 1 amide bonds. The quantitative estimate of drug-likeness (QED) is 0.856. The van der Waals surface area contributed by atoms with Crippen molar-refractivity contribution in [1.82, 2.24) is 9.80 Å². The van der Waals surface area contributed by atoms with Crippen LogP contribution in [0.4, 0.5) is 0 Å². The lowest BCUT2D eigenvalue weighted by atomic mass is 9.82. The molecule has 2 rings (SSSR count). The highest BCUT2D eigenvalue weighted by Gasteiger charge is 2.33. The molecule has 1 aliphatic heterocycles. The van der Waals surface area contributed by atoms with Crippen molar-refractivity contribution in [2.75, 3.05) is 32.7 Å². The monoisotopic (exact) mass is 281 g/mol. The molecular formula is C16H31N3O. The van der Waals surface area contributed by atoms with Crippen LogP contribution in [0.1, 0.15) is 46.5 Å². The third-order valence-electron chi connectivity index (χ3n) is 5.31. The lowest BCUT2D eigenvalue weighted by molar-refractivity contribution is -0.139. The van der Waals surface area contributed by atoms with E-state index < -0.39 is 0 Å². The predicted octanol–water partition coefficient (Wildman–Crippen LogP) is 1.69. The molecule has 116 valence electrons. The minimum atomic E-state index is 0.0510. The van der Waals surface area contributed by atoms with Gasteiger partial charge < -0.3 is 10.6 Å². The van der Waals surface area contributed by atoms with Crippen molar-refractivity contribution in [2.24, 2.45) is 17.6 Å². The fourth-order valence-electron chi connectivity index (χ4n) is 3.43. The summed E-state index contributed by atoms with van der Waals surface area (Å²) in [5, 5.41) is 0. The van der Waals surface area contributed by atoms with Gasteiger partial charge in [-0.2, -0.15) is 0 Å². The zero-order chi connectivity index (χ0) is 14.8. The summed E-state index contributed by atoms with van der Waals surface area (Å²) >= 11 is 0. The molecule has 4 heteroatoms. The molecule has 2 aliphatic rings. The molecule has 0 aromatic carbocycles. The van der Waals surface area contributed by atoms with E-state index in [2.05, 4.69) is 30.6 Å². The van der Waals surface area contributed by atoms with E-state index in [-0.39, 0.29) is 5.54 Å². The molecule has 0 radical (unpaired) electrons. The summed E-state index contributed by atoms with van der Waals surface area (Å²) in [4.78, 5) is 17.1. The molecule has 20 heavy (non-hydrogen) atoms. The van der Waals surface area contributed by atoms with Gasteiger partial charge in [0.1, 0.15) is 0 Å². The van der Waals surface area contributed by atoms with E-state index in [1.807, 2.05) is 0 Å². The summed E-state index contributed by atoms with van der Waals surface area (Å²) in [7, 11) is 0. The summed E-state index contributed by atoms with van der Waals surface area (Å²) < 4.78 is 0. The van der Waals surface area contributed by atoms with Crippen LogP contribution in [0.2, 0.25) is 0 Å². The number of rotatable bonds is 3. The van der Waals surface area contributed by atoms with E-state index in [0.29, 0.717) is 18.4 Å². The summed E-state index contributed by atoms with van der Waals surface area (Å²) in [6, 6.07) is 0. The molecule has 0 unspecified atom stereocenters. The van der Waals surface area contributed by atoms with Crippen molar-refractivity contribution in [2.45, 2.75) is 52.0 Å². The van der Waals surface area contributed by atoms with Gasteiger partial charge >= 0.3 is 0 Å². The van der Waals surface area contributed by atoms with E-state index in [9.17, 15) is 4.79 Å². The fourth-order valence-corrected chi connectivity index (χ4v) is 3.43. The molecule has 2 fully saturated rings. The van der Waals surface area contributed by atoms with Gasteiger partial charge in [0.05, 0.1) is 0 Å². The number of carbonyl (C=O) groups excluding carboxylic acids is 1. The van der Waals surface area contributed by atoms with Gasteiger partial charge in [0.2, 0.25) is 5.91 Å². The second kappa shape index (κ2) is 6.44. The number of hydrogen-bond donors (Lipinski definition) is 1. The van der Waals surface area contributed by atoms with Gasteiger partial charge in [-0.15, -0.1) is 0 Å². The molecular weight excluding hydrogens is 250 g/mol. The Morgan fingerprint density at radius 3 is 2.15 bits per heavy atom. The van der Waals surface area contributed by atoms with Crippen LogP contribution >= 0.6 is 0 Å². The molecule has 0 aromatic heterocycles. The van der Waals surface area contributed by atoms with Crippen LogP contribution in [-0.2, 0) is 4.79 Å². The summed E-state index contributed by atoms with van der Waals surface area (Å²) in [5.74, 6) is 1.50. The highest BCUT2D eigenvalue weighted by atomic mass is 16.2. The molecule has 2 N–H and O–H groups in total. The number of piperazine rings is 1. The van der Waals surface area contributed by atoms with Gasteiger partial charge in [-0.05, 0) is 45.4 Å². The van der Waals surface area contributed by atoms with E-state index in [1.54, 1.807) is 0 Å². The van der Waals surface area contributed by atoms with E-state index in [4.69, 9.17) is 5.73 Å². The second-order valence-electron chi connectivity index (χ2n) is 7.29. The van der Waals surface area contributed by atoms with Gasteiger partial charge in [0.15, 0.2) is 0 Å². The summed E-state index contributed by atoms with van der Waals surface area (Å²) in [5.41, 5.74) is 5.89. The molecule has 1 saturated carbocycles. The van der Waals surface area contributed by atoms with Crippen molar-refractivity contribution in [3.63, 3.8) is 0 Å². The lowest BCUT2D eigenvalue weighted by Gasteiger charge is -2.44. The Labute approximate surface area is 123 Å². The molecule has 1 aliphatic carbocycles. The first-order chi connectivity index (χ1) is 9.44. The Balaban J connectivity index is 1.83. The normalized spacial score (nSPS) is 29.5. The minimum absolute atomic E-state index is 0.0510. The molecule has 0 aromatic rings. The maximum Gasteiger partial charge on any atom is 0.225 e. The maximum absolute atomic E-state index is 12.6. The van der Waals surface area contributed by atoms with Gasteiger partial charge in [-0.3, -0.25) is 9.69 Å². The first kappa shape index (κ1) is 15.8. The van der Waals surface area contributed by atoms with Crippen LogP contribution in [-0.4, -0.2) is 54.0 Å². The van der Waals surface area contributed by atoms with Crippen LogP contribution in [0.25, 0.3) is 0 Å². The van der Waals surface area contributed by atoms with Gasteiger partial charge in [-0.25, -0.2) is 0 Å². The summed E-state index contributed by atoms with van der Waals surface area (Å²) in [6.07, 6.45) is 4.62. The smallest absolute Gasteiger partial charge is 0.225 e. The van der Waals surface area contributed by atoms with Crippen LogP contribution < -0.4 is 5.73 Å². The van der Waals surface area contributed by atoms with Crippen LogP contribution in [0.15, 0.2) is 0 Å². The highest BCUT2D eigenvalue weighted by molar-refractivity contribution is 5.79. The Bertz CT molecular complexity index is 327. The van der Waals surface area contributed by atoms with Crippen LogP contribution in [0.3, 0.4) is 0 Å². The third-order valence-corrected chi connectivity index (χ3v) is 5.31. The molecule has 0 spiro atoms. The van der Waals surface area contributed by atoms with Crippen molar-refractivity contribution >= 4 is 5.91 Å². The minimum Gasteiger partial charge on any atom is -0.340 e. The molecule has 1 saturated heterocycles. The number of hydrogen-bond acceptors (Lipinski definition) is 3. The van der Waals surface area contributed by atoms with Crippen LogP contribution in [0, 0.1) is 11.8 Å². The number of amides is 1. The number of nitrogens with zero attached hydrogens (tertiary/aromatic N) is 2. The number of carbonyl (C=O) groups is 1. The molecule has 4 nitrogen and oxygen atoms in total. The van der Waals surface area contributed by atoms with Crippen molar-refractivity contribution < 1.29 is 4.79 Å². The van der Waals surface area contributed by atoms with E-state index >= 15 is 0 Å². The average molecular weight is 281 g/mol. The van der Waals surface area contributed by atoms with Gasteiger partial charge in [-0.1, -0.05) is 6.92 Å². The van der Waals surface area contributed by atoms with Gasteiger partial charge in [0, 0.05) is 44.2 Å².